The molecule has 0 fully saturated rings. The van der Waals surface area contributed by atoms with E-state index in [1.54, 1.807) is 20.0 Å². The van der Waals surface area contributed by atoms with Crippen molar-refractivity contribution < 1.29 is 43.8 Å². The van der Waals surface area contributed by atoms with Gasteiger partial charge in [0.2, 0.25) is 0 Å². The van der Waals surface area contributed by atoms with Crippen LogP contribution in [0.1, 0.15) is 91.9 Å². The molecular weight excluding hydrogens is 762 g/mol. The number of halogens is 1. The van der Waals surface area contributed by atoms with Gasteiger partial charge in [0.1, 0.15) is 0 Å². The Morgan fingerprint density at radius 3 is 0.667 bits per heavy atom. The fraction of sp³-hybridized carbons (Fsp3) is 1.00. The maximum absolute atomic E-state index is 6.75. The normalized spacial score (nSPS) is 9.89. The van der Waals surface area contributed by atoms with Gasteiger partial charge in [-0.3, -0.25) is 4.91 Å². The van der Waals surface area contributed by atoms with Gasteiger partial charge in [0.15, 0.2) is 0 Å². The number of hydrogen-bond acceptors (Lipinski definition) is 0. The Balaban J connectivity index is -0.0000000470. The predicted octanol–water partition coefficient (Wildman–Crippen LogP) is 9.82. The third kappa shape index (κ3) is 27.9. The molecule has 0 aliphatic rings. The van der Waals surface area contributed by atoms with Crippen LogP contribution in [0.15, 0.2) is 0 Å². The third-order valence-corrected chi connectivity index (χ3v) is 10.7. The largest absolute Gasteiger partial charge is 0.373 e. The third-order valence-electron chi connectivity index (χ3n) is 3.58. The molecule has 0 heterocycles. The zero-order chi connectivity index (χ0) is 21.3. The van der Waals surface area contributed by atoms with Crippen LogP contribution in [-0.2, 0) is 42.4 Å². The minimum atomic E-state index is 0. The smallest absolute Gasteiger partial charge is 0.255 e. The van der Waals surface area contributed by atoms with Gasteiger partial charge in [-0.2, -0.15) is 0 Å². The molecule has 0 radical (unpaired) electrons. The van der Waals surface area contributed by atoms with E-state index >= 15 is 0 Å². The molecular formula is C19H48Au2ClN3P2. The van der Waals surface area contributed by atoms with E-state index in [0.717, 1.165) is 34.0 Å². The van der Waals surface area contributed by atoms with Gasteiger partial charge in [-0.1, -0.05) is 106 Å². The van der Waals surface area contributed by atoms with E-state index in [-0.39, 0.29) is 47.1 Å². The van der Waals surface area contributed by atoms with Crippen LogP contribution in [0, 0.1) is 0 Å². The molecule has 0 saturated carbocycles. The molecule has 0 rings (SSSR count). The van der Waals surface area contributed by atoms with Gasteiger partial charge >= 0.3 is 51.6 Å². The monoisotopic (exact) mass is 810 g/mol. The van der Waals surface area contributed by atoms with E-state index < -0.39 is 0 Å². The number of nitrogens with zero attached hydrogens (tertiary/aromatic N) is 3. The summed E-state index contributed by atoms with van der Waals surface area (Å²) >= 11 is 1.75. The maximum Gasteiger partial charge on any atom is -0.255 e. The van der Waals surface area contributed by atoms with Crippen LogP contribution < -0.4 is 0 Å². The maximum atomic E-state index is 6.75. The molecule has 0 amide bonds. The van der Waals surface area contributed by atoms with E-state index in [2.05, 4.69) is 92.3 Å². The van der Waals surface area contributed by atoms with Crippen LogP contribution in [0.5, 0.6) is 0 Å². The van der Waals surface area contributed by atoms with Crippen LogP contribution in [0.25, 0.3) is 16.0 Å². The summed E-state index contributed by atoms with van der Waals surface area (Å²) < 4.78 is 0. The van der Waals surface area contributed by atoms with Gasteiger partial charge in [0.05, 0.1) is 0 Å². The van der Waals surface area contributed by atoms with Gasteiger partial charge in [0.25, 0.3) is 0 Å². The van der Waals surface area contributed by atoms with Gasteiger partial charge in [-0.05, 0) is 34.0 Å². The Hall–Kier alpha value is 1.94. The topological polar surface area (TPSA) is 58.7 Å². The van der Waals surface area contributed by atoms with Crippen molar-refractivity contribution in [3.05, 3.63) is 16.0 Å². The van der Waals surface area contributed by atoms with Crippen LogP contribution in [-0.4, -0.2) is 34.0 Å². The number of hydrogen-bond donors (Lipinski definition) is 0. The van der Waals surface area contributed by atoms with Crippen molar-refractivity contribution in [2.24, 2.45) is 0 Å². The Bertz CT molecular complexity index is 256. The molecule has 0 aromatic carbocycles. The van der Waals surface area contributed by atoms with Gasteiger partial charge in [-0.15, -0.1) is 0 Å². The molecule has 0 saturated heterocycles. The van der Waals surface area contributed by atoms with E-state index in [1.807, 2.05) is 0 Å². The first-order valence-electron chi connectivity index (χ1n) is 8.99. The zero-order valence-electron chi connectivity index (χ0n) is 18.7. The minimum Gasteiger partial charge on any atom is -0.373 e. The second-order valence-corrected chi connectivity index (χ2v) is 15.5. The predicted molar refractivity (Wildman–Crippen MR) is 129 cm³/mol. The molecule has 0 bridgehead atoms. The van der Waals surface area contributed by atoms with Crippen molar-refractivity contribution in [3.63, 3.8) is 0 Å². The molecule has 3 nitrogen and oxygen atoms in total. The van der Waals surface area contributed by atoms with Crippen molar-refractivity contribution in [2.45, 2.75) is 124 Å². The Kier molecular flexibility index (Phi) is 44.4. The van der Waals surface area contributed by atoms with Crippen LogP contribution in [0.4, 0.5) is 0 Å². The molecule has 0 aromatic rings. The first kappa shape index (κ1) is 42.9. The number of rotatable bonds is 6. The summed E-state index contributed by atoms with van der Waals surface area (Å²) in [6.45, 7) is 28.2. The van der Waals surface area contributed by atoms with Crippen molar-refractivity contribution in [1.29, 1.82) is 0 Å². The Labute approximate surface area is 208 Å². The van der Waals surface area contributed by atoms with Gasteiger partial charge in [0, 0.05) is 1.43 Å². The van der Waals surface area contributed by atoms with Crippen LogP contribution >= 0.6 is 25.0 Å². The van der Waals surface area contributed by atoms with E-state index in [1.165, 1.54) is 4.91 Å². The summed E-state index contributed by atoms with van der Waals surface area (Å²) in [5.41, 5.74) is 18.9. The van der Waals surface area contributed by atoms with Gasteiger partial charge < -0.3 is 11.1 Å². The fourth-order valence-corrected chi connectivity index (χ4v) is 10.7. The summed E-state index contributed by atoms with van der Waals surface area (Å²) in [4.78, 5) is 1.50. The van der Waals surface area contributed by atoms with Crippen molar-refractivity contribution in [1.82, 2.24) is 0 Å². The summed E-state index contributed by atoms with van der Waals surface area (Å²) in [5.74, 6) is 0. The molecule has 0 spiro atoms. The quantitative estimate of drug-likeness (QED) is 0.0844. The van der Waals surface area contributed by atoms with E-state index in [9.17, 15) is 0 Å². The summed E-state index contributed by atoms with van der Waals surface area (Å²) in [7, 11) is 5.11. The van der Waals surface area contributed by atoms with Crippen molar-refractivity contribution in [2.75, 3.05) is 0 Å². The Morgan fingerprint density at radius 1 is 0.593 bits per heavy atom. The first-order chi connectivity index (χ1) is 11.3. The molecule has 0 aliphatic carbocycles. The molecule has 27 heavy (non-hydrogen) atoms. The summed E-state index contributed by atoms with van der Waals surface area (Å²) in [6, 6.07) is 0. The second kappa shape index (κ2) is 27.9. The minimum absolute atomic E-state index is 0. The zero-order valence-corrected chi connectivity index (χ0v) is 25.6. The molecule has 178 valence electrons. The molecule has 0 N–H and O–H groups in total. The average Bonchev–Trinajstić information content (AvgIpc) is 2.39. The molecule has 0 aliphatic heterocycles. The van der Waals surface area contributed by atoms with Crippen molar-refractivity contribution >= 4 is 25.0 Å². The Morgan fingerprint density at radius 2 is 0.667 bits per heavy atom. The fourth-order valence-electron chi connectivity index (χ4n) is 3.58. The summed E-state index contributed by atoms with van der Waals surface area (Å²) in [6.07, 6.45) is 0. The van der Waals surface area contributed by atoms with Crippen LogP contribution in [0.3, 0.4) is 0 Å². The van der Waals surface area contributed by atoms with Crippen LogP contribution in [0.2, 0.25) is 0 Å². The van der Waals surface area contributed by atoms with Crippen molar-refractivity contribution in [3.8, 4) is 0 Å². The molecule has 0 atom stereocenters. The van der Waals surface area contributed by atoms with Gasteiger partial charge in [-0.25, -0.2) is 0 Å². The molecule has 0 aromatic heterocycles. The SMILES string of the molecule is C.CC(C)P(C(C)C)C(C)C.CC(C)P(C(C)C)C(C)C.[2HH].[Au+].[Cl][Au].[N-]=[N+]=[N-]. The second-order valence-electron chi connectivity index (χ2n) is 7.55. The summed E-state index contributed by atoms with van der Waals surface area (Å²) in [5, 5.41) is 0. The van der Waals surface area contributed by atoms with E-state index in [0.29, 0.717) is 0 Å². The molecule has 8 heteroatoms. The van der Waals surface area contributed by atoms with E-state index in [4.69, 9.17) is 11.1 Å². The standard InChI is InChI=1S/2C9H21P.CH4.2Au.ClH.N3.H2/c2*1-7(2)10(8(3)4)9(5)6;;;;;1-3-2;/h2*7-9H,1-6H3;1H4;;;1H;;1H/q;;;2*+1;;-1;/p-1/i;;;;;;;1+1. The molecule has 0 unspecified atom stereocenters. The average molecular weight is 811 g/mol. The first-order valence-corrected chi connectivity index (χ1v) is 14.8.